The molecule has 1 aromatic carbocycles. The lowest BCUT2D eigenvalue weighted by Crippen LogP contribution is -2.12. The van der Waals surface area contributed by atoms with Gasteiger partial charge in [-0.05, 0) is 66.8 Å². The Hall–Kier alpha value is -1.06. The molecular weight excluding hydrogens is 403 g/mol. The molecule has 0 saturated carbocycles. The molecule has 2 rings (SSSR count). The zero-order valence-corrected chi connectivity index (χ0v) is 14.7. The minimum atomic E-state index is -3.66. The molecule has 0 amide bonds. The quantitative estimate of drug-likeness (QED) is 0.731. The van der Waals surface area contributed by atoms with Gasteiger partial charge in [0.25, 0.3) is 10.0 Å². The summed E-state index contributed by atoms with van der Waals surface area (Å²) in [6, 6.07) is 8.66. The monoisotopic (exact) mass is 420 g/mol. The third-order valence-corrected chi connectivity index (χ3v) is 5.10. The van der Waals surface area contributed by atoms with Gasteiger partial charge in [0.15, 0.2) is 0 Å². The largest absolute Gasteiger partial charge is 0.390 e. The molecule has 0 bridgehead atoms. The van der Waals surface area contributed by atoms with Crippen LogP contribution in [-0.2, 0) is 16.6 Å². The van der Waals surface area contributed by atoms with Crippen molar-refractivity contribution in [2.75, 3.05) is 4.72 Å². The first-order valence-corrected chi connectivity index (χ1v) is 8.99. The topological polar surface area (TPSA) is 71.3 Å². The molecule has 1 aromatic heterocycles. The number of aliphatic hydroxyl groups is 1. The molecule has 0 aliphatic rings. The first-order chi connectivity index (χ1) is 9.83. The van der Waals surface area contributed by atoms with Crippen LogP contribution in [0.15, 0.2) is 41.4 Å². The van der Waals surface area contributed by atoms with E-state index in [0.29, 0.717) is 11.4 Å². The number of sulfonamides is 1. The van der Waals surface area contributed by atoms with Gasteiger partial charge in [-0.25, -0.2) is 8.42 Å². The average Bonchev–Trinajstić information content (AvgIpc) is 2.86. The predicted octanol–water partition coefficient (Wildman–Crippen LogP) is 2.97. The highest BCUT2D eigenvalue weighted by Crippen LogP contribution is 2.22. The number of hydrogen-bond acceptors (Lipinski definition) is 3. The lowest BCUT2D eigenvalue weighted by Gasteiger charge is -2.10. The molecule has 21 heavy (non-hydrogen) atoms. The van der Waals surface area contributed by atoms with E-state index in [4.69, 9.17) is 0 Å². The van der Waals surface area contributed by atoms with Gasteiger partial charge in [0.1, 0.15) is 4.90 Å². The third kappa shape index (κ3) is 3.78. The van der Waals surface area contributed by atoms with E-state index in [9.17, 15) is 13.5 Å². The van der Waals surface area contributed by atoms with Gasteiger partial charge in [0, 0.05) is 27.2 Å². The van der Waals surface area contributed by atoms with E-state index in [2.05, 4.69) is 27.3 Å². The number of nitrogens with one attached hydrogen (secondary N) is 1. The van der Waals surface area contributed by atoms with Crippen molar-refractivity contribution < 1.29 is 13.5 Å². The summed E-state index contributed by atoms with van der Waals surface area (Å²) in [5.74, 6) is 0. The zero-order chi connectivity index (χ0) is 15.6. The Morgan fingerprint density at radius 1 is 1.29 bits per heavy atom. The third-order valence-electron chi connectivity index (χ3n) is 3.03. The summed E-state index contributed by atoms with van der Waals surface area (Å²) in [4.78, 5) is 0.152. The Balaban J connectivity index is 2.33. The summed E-state index contributed by atoms with van der Waals surface area (Å²) < 4.78 is 30.1. The summed E-state index contributed by atoms with van der Waals surface area (Å²) in [6.07, 6.45) is 1.55. The second kappa shape index (κ2) is 6.37. The number of halogens is 1. The minimum absolute atomic E-state index is 0.0782. The van der Waals surface area contributed by atoms with Crippen molar-refractivity contribution in [3.63, 3.8) is 0 Å². The molecule has 0 aliphatic carbocycles. The number of anilines is 1. The molecule has 0 radical (unpaired) electrons. The van der Waals surface area contributed by atoms with Crippen molar-refractivity contribution in [2.24, 2.45) is 0 Å². The van der Waals surface area contributed by atoms with E-state index in [1.54, 1.807) is 22.9 Å². The van der Waals surface area contributed by atoms with E-state index in [1.165, 1.54) is 6.07 Å². The maximum absolute atomic E-state index is 12.4. The molecule has 114 valence electrons. The lowest BCUT2D eigenvalue weighted by atomic mass is 10.3. The second-order valence-electron chi connectivity index (χ2n) is 4.94. The summed E-state index contributed by atoms with van der Waals surface area (Å²) >= 11 is 2.16. The molecule has 0 saturated heterocycles. The van der Waals surface area contributed by atoms with E-state index in [-0.39, 0.29) is 17.5 Å². The molecule has 0 aliphatic heterocycles. The van der Waals surface area contributed by atoms with Crippen molar-refractivity contribution in [1.82, 2.24) is 4.57 Å². The Morgan fingerprint density at radius 2 is 1.90 bits per heavy atom. The summed E-state index contributed by atoms with van der Waals surface area (Å²) in [5.41, 5.74) is 1.09. The highest BCUT2D eigenvalue weighted by atomic mass is 127. The number of aromatic nitrogens is 1. The maximum Gasteiger partial charge on any atom is 0.263 e. The zero-order valence-electron chi connectivity index (χ0n) is 11.7. The van der Waals surface area contributed by atoms with Crippen LogP contribution in [0.25, 0.3) is 0 Å². The van der Waals surface area contributed by atoms with Gasteiger partial charge < -0.3 is 9.67 Å². The molecule has 0 spiro atoms. The van der Waals surface area contributed by atoms with Crippen LogP contribution in [0.3, 0.4) is 0 Å². The van der Waals surface area contributed by atoms with Gasteiger partial charge in [-0.2, -0.15) is 0 Å². The fourth-order valence-electron chi connectivity index (χ4n) is 1.98. The standard InChI is InChI=1S/C14H17IN2O3S/c1-10(2)17-8-14(7-13(17)9-18)21(19,20)16-12-5-3-11(15)4-6-12/h3-8,10,16,18H,9H2,1-2H3. The fourth-order valence-corrected chi connectivity index (χ4v) is 3.45. The van der Waals surface area contributed by atoms with Gasteiger partial charge in [-0.15, -0.1) is 0 Å². The number of benzene rings is 1. The summed E-state index contributed by atoms with van der Waals surface area (Å²) in [7, 11) is -3.66. The van der Waals surface area contributed by atoms with Crippen LogP contribution in [0.1, 0.15) is 25.6 Å². The van der Waals surface area contributed by atoms with Gasteiger partial charge in [0.05, 0.1) is 6.61 Å². The molecule has 2 N–H and O–H groups in total. The Bertz CT molecular complexity index is 721. The van der Waals surface area contributed by atoms with Crippen molar-refractivity contribution in [3.05, 3.63) is 45.8 Å². The Labute approximate surface area is 138 Å². The van der Waals surface area contributed by atoms with E-state index in [1.807, 2.05) is 26.0 Å². The SMILES string of the molecule is CC(C)n1cc(S(=O)(=O)Nc2ccc(I)cc2)cc1CO. The van der Waals surface area contributed by atoms with Gasteiger partial charge in [0.2, 0.25) is 0 Å². The van der Waals surface area contributed by atoms with Crippen LogP contribution in [0.4, 0.5) is 5.69 Å². The molecular formula is C14H17IN2O3S. The predicted molar refractivity (Wildman–Crippen MR) is 90.7 cm³/mol. The summed E-state index contributed by atoms with van der Waals surface area (Å²) in [5, 5.41) is 9.33. The number of nitrogens with zero attached hydrogens (tertiary/aromatic N) is 1. The summed E-state index contributed by atoms with van der Waals surface area (Å²) in [6.45, 7) is 3.67. The van der Waals surface area contributed by atoms with Crippen molar-refractivity contribution in [1.29, 1.82) is 0 Å². The van der Waals surface area contributed by atoms with Crippen molar-refractivity contribution in [2.45, 2.75) is 31.4 Å². The number of hydrogen-bond donors (Lipinski definition) is 2. The highest BCUT2D eigenvalue weighted by Gasteiger charge is 2.19. The second-order valence-corrected chi connectivity index (χ2v) is 7.87. The van der Waals surface area contributed by atoms with E-state index >= 15 is 0 Å². The lowest BCUT2D eigenvalue weighted by molar-refractivity contribution is 0.268. The van der Waals surface area contributed by atoms with Crippen LogP contribution >= 0.6 is 22.6 Å². The molecule has 2 aromatic rings. The number of rotatable bonds is 5. The van der Waals surface area contributed by atoms with Crippen LogP contribution in [0, 0.1) is 3.57 Å². The van der Waals surface area contributed by atoms with Crippen LogP contribution in [-0.4, -0.2) is 18.1 Å². The minimum Gasteiger partial charge on any atom is -0.390 e. The average molecular weight is 420 g/mol. The Kier molecular flexibility index (Phi) is 4.95. The van der Waals surface area contributed by atoms with Gasteiger partial charge in [-0.3, -0.25) is 4.72 Å². The maximum atomic E-state index is 12.4. The molecule has 7 heteroatoms. The van der Waals surface area contributed by atoms with Gasteiger partial charge >= 0.3 is 0 Å². The van der Waals surface area contributed by atoms with Crippen molar-refractivity contribution in [3.8, 4) is 0 Å². The van der Waals surface area contributed by atoms with Crippen molar-refractivity contribution >= 4 is 38.3 Å². The highest BCUT2D eigenvalue weighted by molar-refractivity contribution is 14.1. The molecule has 0 atom stereocenters. The first kappa shape index (κ1) is 16.3. The first-order valence-electron chi connectivity index (χ1n) is 6.43. The van der Waals surface area contributed by atoms with Crippen LogP contribution in [0.5, 0.6) is 0 Å². The molecule has 1 heterocycles. The van der Waals surface area contributed by atoms with Crippen LogP contribution < -0.4 is 4.72 Å². The molecule has 0 unspecified atom stereocenters. The normalized spacial score (nSPS) is 11.9. The fraction of sp³-hybridized carbons (Fsp3) is 0.286. The Morgan fingerprint density at radius 3 is 2.38 bits per heavy atom. The van der Waals surface area contributed by atoms with E-state index < -0.39 is 10.0 Å². The molecule has 5 nitrogen and oxygen atoms in total. The smallest absolute Gasteiger partial charge is 0.263 e. The van der Waals surface area contributed by atoms with Gasteiger partial charge in [-0.1, -0.05) is 0 Å². The number of aliphatic hydroxyl groups excluding tert-OH is 1. The van der Waals surface area contributed by atoms with E-state index in [0.717, 1.165) is 3.57 Å². The molecule has 0 fully saturated rings. The van der Waals surface area contributed by atoms with Crippen LogP contribution in [0.2, 0.25) is 0 Å².